The molecule has 1 heteroatoms. The van der Waals surface area contributed by atoms with Crippen LogP contribution in [0.3, 0.4) is 0 Å². The molecule has 11 aromatic carbocycles. The summed E-state index contributed by atoms with van der Waals surface area (Å²) in [6.07, 6.45) is 16.2. The van der Waals surface area contributed by atoms with Crippen molar-refractivity contribution in [1.29, 1.82) is 0 Å². The second-order valence-corrected chi connectivity index (χ2v) is 28.8. The highest BCUT2D eigenvalue weighted by molar-refractivity contribution is 6.21. The fourth-order valence-electron chi connectivity index (χ4n) is 17.0. The van der Waals surface area contributed by atoms with Crippen molar-refractivity contribution in [2.75, 3.05) is 4.90 Å². The highest BCUT2D eigenvalue weighted by Crippen LogP contribution is 2.58. The third-order valence-corrected chi connectivity index (χ3v) is 22.1. The molecule has 3 aliphatic carbocycles. The zero-order valence-corrected chi connectivity index (χ0v) is 56.0. The molecule has 0 radical (unpaired) electrons. The Morgan fingerprint density at radius 2 is 0.714 bits per heavy atom. The SMILES string of the molecule is CCCCCCCCC1(C)c2cc(-c3ccc(N(c4ccc(C(C)C)cc4)c4ccc5c(c4)C(C)(C)c4cc(-c6c7ccccc7c(-c7ccc8c(c7)C(CCCC)(CCCC)c7ccccc7-8)c7ccccc67)ccc4-5)cc3)ccc2-c2ccc(C(C)C)cc21. The highest BCUT2D eigenvalue weighted by Gasteiger charge is 2.43. The van der Waals surface area contributed by atoms with E-state index in [9.17, 15) is 0 Å². The van der Waals surface area contributed by atoms with Crippen molar-refractivity contribution in [3.63, 3.8) is 0 Å². The Morgan fingerprint density at radius 1 is 0.308 bits per heavy atom. The molecular weight excluding hydrogens is 1090 g/mol. The van der Waals surface area contributed by atoms with E-state index in [0.29, 0.717) is 11.8 Å². The maximum atomic E-state index is 2.62. The Hall–Kier alpha value is -8.26. The third-order valence-electron chi connectivity index (χ3n) is 22.1. The topological polar surface area (TPSA) is 3.24 Å². The molecule has 458 valence electrons. The van der Waals surface area contributed by atoms with E-state index in [1.807, 2.05) is 0 Å². The van der Waals surface area contributed by atoms with Crippen molar-refractivity contribution < 1.29 is 0 Å². The van der Waals surface area contributed by atoms with Gasteiger partial charge in [0.2, 0.25) is 0 Å². The van der Waals surface area contributed by atoms with Gasteiger partial charge in [-0.2, -0.15) is 0 Å². The molecule has 0 saturated heterocycles. The molecule has 11 aromatic rings. The Kier molecular flexibility index (Phi) is 16.2. The Balaban J connectivity index is 0.820. The van der Waals surface area contributed by atoms with Crippen LogP contribution >= 0.6 is 0 Å². The maximum absolute atomic E-state index is 2.62. The third kappa shape index (κ3) is 10.3. The van der Waals surface area contributed by atoms with Gasteiger partial charge in [-0.05, 0) is 219 Å². The van der Waals surface area contributed by atoms with Crippen molar-refractivity contribution in [2.45, 2.75) is 181 Å². The molecule has 0 fully saturated rings. The summed E-state index contributed by atoms with van der Waals surface area (Å²) in [4.78, 5) is 2.48. The van der Waals surface area contributed by atoms with Crippen LogP contribution < -0.4 is 4.90 Å². The van der Waals surface area contributed by atoms with Crippen LogP contribution in [0, 0.1) is 0 Å². The average molecular weight is 1190 g/mol. The Morgan fingerprint density at radius 3 is 1.30 bits per heavy atom. The fraction of sp³-hybridized carbons (Fsp3) is 0.311. The minimum absolute atomic E-state index is 0.0183. The van der Waals surface area contributed by atoms with Crippen LogP contribution in [0.4, 0.5) is 17.1 Å². The molecule has 3 aliphatic rings. The van der Waals surface area contributed by atoms with E-state index in [0.717, 1.165) is 11.4 Å². The number of benzene rings is 11. The summed E-state index contributed by atoms with van der Waals surface area (Å²) < 4.78 is 0. The molecule has 0 amide bonds. The van der Waals surface area contributed by atoms with Crippen molar-refractivity contribution in [1.82, 2.24) is 0 Å². The molecule has 0 aliphatic heterocycles. The Labute approximate surface area is 544 Å². The van der Waals surface area contributed by atoms with E-state index in [2.05, 4.69) is 286 Å². The molecular formula is C90H93N. The highest BCUT2D eigenvalue weighted by atomic mass is 15.1. The maximum Gasteiger partial charge on any atom is 0.0465 e. The zero-order valence-electron chi connectivity index (χ0n) is 56.0. The number of nitrogens with zero attached hydrogens (tertiary/aromatic N) is 1. The lowest BCUT2D eigenvalue weighted by Gasteiger charge is -2.33. The first-order chi connectivity index (χ1) is 44.3. The molecule has 1 unspecified atom stereocenters. The molecule has 91 heavy (non-hydrogen) atoms. The van der Waals surface area contributed by atoms with E-state index < -0.39 is 0 Å². The van der Waals surface area contributed by atoms with Gasteiger partial charge in [-0.3, -0.25) is 0 Å². The van der Waals surface area contributed by atoms with E-state index in [-0.39, 0.29) is 16.2 Å². The molecule has 1 nitrogen and oxygen atoms in total. The quantitative estimate of drug-likeness (QED) is 0.0512. The summed E-state index contributed by atoms with van der Waals surface area (Å²) in [5, 5.41) is 5.21. The van der Waals surface area contributed by atoms with Gasteiger partial charge in [-0.25, -0.2) is 0 Å². The minimum atomic E-state index is -0.267. The predicted molar refractivity (Wildman–Crippen MR) is 393 cm³/mol. The minimum Gasteiger partial charge on any atom is -0.310 e. The van der Waals surface area contributed by atoms with E-state index in [1.165, 1.54) is 222 Å². The number of fused-ring (bicyclic) bond motifs is 11. The summed E-state index contributed by atoms with van der Waals surface area (Å²) in [5.74, 6) is 0.939. The van der Waals surface area contributed by atoms with Crippen molar-refractivity contribution in [3.8, 4) is 66.8 Å². The second kappa shape index (κ2) is 24.4. The summed E-state index contributed by atoms with van der Waals surface area (Å²) in [6.45, 7) is 23.7. The van der Waals surface area contributed by atoms with Gasteiger partial charge in [0.15, 0.2) is 0 Å². The molecule has 14 rings (SSSR count). The fourth-order valence-corrected chi connectivity index (χ4v) is 17.0. The van der Waals surface area contributed by atoms with Crippen molar-refractivity contribution >= 4 is 38.6 Å². The number of rotatable bonds is 21. The van der Waals surface area contributed by atoms with E-state index in [1.54, 1.807) is 0 Å². The van der Waals surface area contributed by atoms with E-state index >= 15 is 0 Å². The first-order valence-corrected chi connectivity index (χ1v) is 35.1. The first-order valence-electron chi connectivity index (χ1n) is 35.1. The summed E-state index contributed by atoms with van der Waals surface area (Å²) in [6, 6.07) is 83.5. The molecule has 0 spiro atoms. The van der Waals surface area contributed by atoms with Gasteiger partial charge in [0.05, 0.1) is 0 Å². The lowest BCUT2D eigenvalue weighted by molar-refractivity contribution is 0.414. The van der Waals surface area contributed by atoms with Crippen LogP contribution in [0.5, 0.6) is 0 Å². The zero-order chi connectivity index (χ0) is 62.8. The smallest absolute Gasteiger partial charge is 0.0465 e. The number of unbranched alkanes of at least 4 members (excludes halogenated alkanes) is 7. The monoisotopic (exact) mass is 1190 g/mol. The van der Waals surface area contributed by atoms with Gasteiger partial charge in [-0.15, -0.1) is 0 Å². The lowest BCUT2D eigenvalue weighted by atomic mass is 9.70. The average Bonchev–Trinajstić information content (AvgIpc) is 1.67. The van der Waals surface area contributed by atoms with Crippen molar-refractivity contribution in [3.05, 3.63) is 257 Å². The van der Waals surface area contributed by atoms with Crippen LogP contribution in [-0.4, -0.2) is 0 Å². The summed E-state index contributed by atoms with van der Waals surface area (Å²) in [5.41, 5.74) is 30.9. The predicted octanol–water partition coefficient (Wildman–Crippen LogP) is 26.7. The van der Waals surface area contributed by atoms with Crippen LogP contribution in [0.25, 0.3) is 88.3 Å². The van der Waals surface area contributed by atoms with Crippen LogP contribution in [-0.2, 0) is 16.2 Å². The number of anilines is 3. The van der Waals surface area contributed by atoms with Gasteiger partial charge < -0.3 is 4.90 Å². The van der Waals surface area contributed by atoms with Gasteiger partial charge >= 0.3 is 0 Å². The standard InChI is InChI=1S/C90H93N/c1-11-14-17-18-19-26-51-89(10)83-54-63(60(6)7)37-46-73(83)74-47-38-64(55-84(74)89)62-35-43-68(44-36-62)91(67-41-33-61(34-42-67)59(4)5)69-45-50-72-71-48-39-65(56-81(71)88(8,9)82(72)58-69)86-76-28-20-22-30-78(76)87(79-31-23-21-29-77(79)86)66-40-49-75-70-27-24-25-32-80(70)90(52-15-12-2,53-16-13-3)85(75)57-66/h20-25,27-50,54-60H,11-19,26,51-53H2,1-10H3. The Bertz CT molecular complexity index is 4460. The largest absolute Gasteiger partial charge is 0.310 e. The number of hydrogen-bond donors (Lipinski definition) is 0. The summed E-state index contributed by atoms with van der Waals surface area (Å²) >= 11 is 0. The molecule has 0 heterocycles. The van der Waals surface area contributed by atoms with Crippen molar-refractivity contribution in [2.24, 2.45) is 0 Å². The van der Waals surface area contributed by atoms with Crippen LogP contribution in [0.1, 0.15) is 209 Å². The molecule has 0 N–H and O–H groups in total. The van der Waals surface area contributed by atoms with E-state index in [4.69, 9.17) is 0 Å². The van der Waals surface area contributed by atoms with Gasteiger partial charge in [0.1, 0.15) is 0 Å². The molecule has 1 atom stereocenters. The van der Waals surface area contributed by atoms with Gasteiger partial charge in [-0.1, -0.05) is 291 Å². The molecule has 0 aromatic heterocycles. The summed E-state index contributed by atoms with van der Waals surface area (Å²) in [7, 11) is 0. The van der Waals surface area contributed by atoms with Crippen LogP contribution in [0.2, 0.25) is 0 Å². The molecule has 0 saturated carbocycles. The molecule has 0 bridgehead atoms. The normalized spacial score (nSPS) is 15.5. The van der Waals surface area contributed by atoms with Gasteiger partial charge in [0, 0.05) is 33.3 Å². The first kappa shape index (κ1) is 60.3. The van der Waals surface area contributed by atoms with Gasteiger partial charge in [0.25, 0.3) is 0 Å². The second-order valence-electron chi connectivity index (χ2n) is 28.8. The lowest BCUT2D eigenvalue weighted by Crippen LogP contribution is -2.25. The number of hydrogen-bond acceptors (Lipinski definition) is 1. The van der Waals surface area contributed by atoms with Crippen LogP contribution in [0.15, 0.2) is 212 Å².